The molecule has 2 N–H and O–H groups in total. The van der Waals surface area contributed by atoms with E-state index >= 15 is 0 Å². The Balaban J connectivity index is 4.17. The molecule has 0 aliphatic rings. The van der Waals surface area contributed by atoms with E-state index < -0.39 is 16.1 Å². The molecule has 0 bridgehead atoms. The molecule has 0 fully saturated rings. The zero-order valence-corrected chi connectivity index (χ0v) is 5.22. The van der Waals surface area contributed by atoms with Crippen molar-refractivity contribution in [3.8, 4) is 0 Å². The highest BCUT2D eigenvalue weighted by molar-refractivity contribution is 8.16. The molecule has 0 unspecified atom stereocenters. The molecule has 0 heterocycles. The molecule has 0 spiro atoms. The third-order valence-electron chi connectivity index (χ3n) is 0.724. The highest BCUT2D eigenvalue weighted by Crippen LogP contribution is 1.88. The van der Waals surface area contributed by atoms with E-state index in [2.05, 4.69) is 0 Å². The minimum Gasteiger partial charge on any atom is -0.415 e. The molecular weight excluding hydrogens is 131 g/mol. The van der Waals surface area contributed by atoms with E-state index in [1.807, 2.05) is 0 Å². The summed E-state index contributed by atoms with van der Waals surface area (Å²) in [4.78, 5) is 0. The summed E-state index contributed by atoms with van der Waals surface area (Å²) in [6.07, 6.45) is -2.22. The van der Waals surface area contributed by atoms with Crippen molar-refractivity contribution in [2.45, 2.75) is 6.92 Å². The van der Waals surface area contributed by atoms with Gasteiger partial charge in [-0.2, -0.15) is 0 Å². The summed E-state index contributed by atoms with van der Waals surface area (Å²) in [5.74, 6) is -0.245. The maximum Gasteiger partial charge on any atom is 0.592 e. The lowest BCUT2D eigenvalue weighted by Gasteiger charge is -1.93. The standard InChI is InChI=1S/C2H7BO4S/c1-2-8(6,7)3(4)5/h4-5H,2H2,1H3. The zero-order chi connectivity index (χ0) is 6.78. The van der Waals surface area contributed by atoms with Crippen LogP contribution in [-0.2, 0) is 9.69 Å². The molecule has 0 aromatic rings. The molecule has 0 aliphatic heterocycles. The number of hydrogen-bond acceptors (Lipinski definition) is 4. The first-order valence-electron chi connectivity index (χ1n) is 2.08. The van der Waals surface area contributed by atoms with Crippen molar-refractivity contribution in [1.82, 2.24) is 0 Å². The largest absolute Gasteiger partial charge is 0.592 e. The molecule has 6 heteroatoms. The highest BCUT2D eigenvalue weighted by atomic mass is 32.2. The van der Waals surface area contributed by atoms with Crippen LogP contribution in [-0.4, -0.2) is 30.6 Å². The van der Waals surface area contributed by atoms with E-state index in [1.165, 1.54) is 6.92 Å². The topological polar surface area (TPSA) is 74.6 Å². The Morgan fingerprint density at radius 3 is 1.88 bits per heavy atom. The van der Waals surface area contributed by atoms with Gasteiger partial charge in [0.1, 0.15) is 0 Å². The van der Waals surface area contributed by atoms with Crippen molar-refractivity contribution in [3.05, 3.63) is 0 Å². The summed E-state index contributed by atoms with van der Waals surface area (Å²) >= 11 is 0. The van der Waals surface area contributed by atoms with Crippen molar-refractivity contribution in [2.24, 2.45) is 0 Å². The quantitative estimate of drug-likeness (QED) is 0.450. The Kier molecular flexibility index (Phi) is 2.45. The van der Waals surface area contributed by atoms with Crippen LogP contribution >= 0.6 is 0 Å². The average Bonchev–Trinajstić information content (AvgIpc) is 1.67. The van der Waals surface area contributed by atoms with Crippen LogP contribution in [0.4, 0.5) is 0 Å². The second-order valence-corrected chi connectivity index (χ2v) is 3.60. The van der Waals surface area contributed by atoms with E-state index in [9.17, 15) is 8.42 Å². The van der Waals surface area contributed by atoms with Gasteiger partial charge in [0.15, 0.2) is 9.69 Å². The van der Waals surface area contributed by atoms with Crippen molar-refractivity contribution < 1.29 is 18.5 Å². The minimum atomic E-state index is -3.62. The third kappa shape index (κ3) is 1.81. The third-order valence-corrected chi connectivity index (χ3v) is 2.17. The van der Waals surface area contributed by atoms with Crippen LogP contribution in [0.15, 0.2) is 0 Å². The van der Waals surface area contributed by atoms with Crippen molar-refractivity contribution >= 4 is 16.1 Å². The van der Waals surface area contributed by atoms with Crippen molar-refractivity contribution in [1.29, 1.82) is 0 Å². The van der Waals surface area contributed by atoms with Crippen molar-refractivity contribution in [3.63, 3.8) is 0 Å². The smallest absolute Gasteiger partial charge is 0.415 e. The first-order valence-corrected chi connectivity index (χ1v) is 3.80. The van der Waals surface area contributed by atoms with Crippen LogP contribution < -0.4 is 0 Å². The summed E-state index contributed by atoms with van der Waals surface area (Å²) in [7, 11) is -3.62. The lowest BCUT2D eigenvalue weighted by molar-refractivity contribution is 0.428. The van der Waals surface area contributed by atoms with Crippen LogP contribution in [0, 0.1) is 0 Å². The Bertz CT molecular complexity index is 147. The molecule has 0 amide bonds. The monoisotopic (exact) mass is 138 g/mol. The molecule has 0 saturated heterocycles. The van der Waals surface area contributed by atoms with Gasteiger partial charge in [0, 0.05) is 5.75 Å². The molecular formula is C2H7BO4S. The van der Waals surface area contributed by atoms with Gasteiger partial charge in [-0.15, -0.1) is 0 Å². The van der Waals surface area contributed by atoms with Gasteiger partial charge in [0.25, 0.3) is 0 Å². The van der Waals surface area contributed by atoms with Gasteiger partial charge in [-0.1, -0.05) is 6.92 Å². The first-order chi connectivity index (χ1) is 3.50. The second kappa shape index (κ2) is 2.47. The van der Waals surface area contributed by atoms with E-state index in [-0.39, 0.29) is 5.75 Å². The maximum absolute atomic E-state index is 10.2. The predicted molar refractivity (Wildman–Crippen MR) is 29.7 cm³/mol. The molecule has 8 heavy (non-hydrogen) atoms. The molecule has 0 aromatic heterocycles. The highest BCUT2D eigenvalue weighted by Gasteiger charge is 2.25. The van der Waals surface area contributed by atoms with E-state index in [1.54, 1.807) is 0 Å². The lowest BCUT2D eigenvalue weighted by Crippen LogP contribution is -2.27. The van der Waals surface area contributed by atoms with Gasteiger partial charge in [0.2, 0.25) is 0 Å². The van der Waals surface area contributed by atoms with Gasteiger partial charge in [-0.25, -0.2) is 8.42 Å². The van der Waals surface area contributed by atoms with Gasteiger partial charge in [-0.3, -0.25) is 0 Å². The summed E-state index contributed by atoms with van der Waals surface area (Å²) in [6, 6.07) is 0. The fraction of sp³-hybridized carbons (Fsp3) is 1.00. The van der Waals surface area contributed by atoms with Gasteiger partial charge in [0.05, 0.1) is 0 Å². The summed E-state index contributed by atoms with van der Waals surface area (Å²) < 4.78 is 20.4. The lowest BCUT2D eigenvalue weighted by atomic mass is 10.4. The number of rotatable bonds is 2. The summed E-state index contributed by atoms with van der Waals surface area (Å²) in [5.41, 5.74) is 0. The fourth-order valence-electron chi connectivity index (χ4n) is 0.149. The van der Waals surface area contributed by atoms with Crippen LogP contribution in [0.3, 0.4) is 0 Å². The Morgan fingerprint density at radius 1 is 1.50 bits per heavy atom. The Morgan fingerprint density at radius 2 is 1.88 bits per heavy atom. The molecule has 0 saturated carbocycles. The minimum absolute atomic E-state index is 0.245. The van der Waals surface area contributed by atoms with Crippen LogP contribution in [0.25, 0.3) is 0 Å². The van der Waals surface area contributed by atoms with Gasteiger partial charge >= 0.3 is 6.40 Å². The first kappa shape index (κ1) is 7.93. The number of hydrogen-bond donors (Lipinski definition) is 2. The molecule has 48 valence electrons. The Labute approximate surface area is 48.1 Å². The SMILES string of the molecule is CCS(=O)(=O)B(O)O. The van der Waals surface area contributed by atoms with Gasteiger partial charge in [-0.05, 0) is 0 Å². The van der Waals surface area contributed by atoms with Crippen molar-refractivity contribution in [2.75, 3.05) is 5.75 Å². The molecule has 0 radical (unpaired) electrons. The second-order valence-electron chi connectivity index (χ2n) is 1.28. The molecule has 0 rings (SSSR count). The molecule has 0 atom stereocenters. The van der Waals surface area contributed by atoms with Crippen LogP contribution in [0.5, 0.6) is 0 Å². The molecule has 0 aliphatic carbocycles. The molecule has 0 aromatic carbocycles. The van der Waals surface area contributed by atoms with Crippen LogP contribution in [0.1, 0.15) is 6.92 Å². The van der Waals surface area contributed by atoms with E-state index in [0.717, 1.165) is 0 Å². The fourth-order valence-corrected chi connectivity index (χ4v) is 0.447. The van der Waals surface area contributed by atoms with Gasteiger partial charge < -0.3 is 10.0 Å². The zero-order valence-electron chi connectivity index (χ0n) is 4.40. The van der Waals surface area contributed by atoms with E-state index in [0.29, 0.717) is 0 Å². The average molecular weight is 138 g/mol. The summed E-state index contributed by atoms with van der Waals surface area (Å²) in [6.45, 7) is 1.34. The molecule has 4 nitrogen and oxygen atoms in total. The predicted octanol–water partition coefficient (Wildman–Crippen LogP) is -1.61. The summed E-state index contributed by atoms with van der Waals surface area (Å²) in [5, 5.41) is 16.1. The van der Waals surface area contributed by atoms with E-state index in [4.69, 9.17) is 10.0 Å². The van der Waals surface area contributed by atoms with Crippen LogP contribution in [0.2, 0.25) is 0 Å². The normalized spacial score (nSPS) is 11.4. The Hall–Kier alpha value is -0.0651. The maximum atomic E-state index is 10.2.